The van der Waals surface area contributed by atoms with Gasteiger partial charge in [-0.3, -0.25) is 4.79 Å². The van der Waals surface area contributed by atoms with E-state index in [2.05, 4.69) is 19.2 Å². The molecule has 0 aromatic rings. The van der Waals surface area contributed by atoms with Gasteiger partial charge < -0.3 is 10.4 Å². The molecular weight excluding hydrogens is 190 g/mol. The maximum absolute atomic E-state index is 11.0. The van der Waals surface area contributed by atoms with E-state index >= 15 is 0 Å². The van der Waals surface area contributed by atoms with Gasteiger partial charge in [0.25, 0.3) is 0 Å². The van der Waals surface area contributed by atoms with Crippen LogP contribution in [0, 0.1) is 5.92 Å². The van der Waals surface area contributed by atoms with Gasteiger partial charge in [-0.2, -0.15) is 0 Å². The van der Waals surface area contributed by atoms with E-state index in [1.54, 1.807) is 0 Å². The zero-order valence-electron chi connectivity index (χ0n) is 9.83. The number of carbonyl (C=O) groups is 1. The second-order valence-corrected chi connectivity index (χ2v) is 4.55. The maximum atomic E-state index is 11.0. The third-order valence-electron chi connectivity index (χ3n) is 3.50. The zero-order valence-corrected chi connectivity index (χ0v) is 9.83. The highest BCUT2D eigenvalue weighted by Gasteiger charge is 2.32. The number of aliphatic carboxylic acids is 1. The van der Waals surface area contributed by atoms with Crippen molar-refractivity contribution in [1.82, 2.24) is 5.32 Å². The molecule has 1 aliphatic rings. The van der Waals surface area contributed by atoms with Crippen LogP contribution in [-0.2, 0) is 4.79 Å². The van der Waals surface area contributed by atoms with Crippen LogP contribution in [0.1, 0.15) is 52.4 Å². The van der Waals surface area contributed by atoms with Gasteiger partial charge in [0, 0.05) is 6.04 Å². The van der Waals surface area contributed by atoms with Gasteiger partial charge >= 0.3 is 5.97 Å². The van der Waals surface area contributed by atoms with Crippen LogP contribution in [0.25, 0.3) is 0 Å². The predicted molar refractivity (Wildman–Crippen MR) is 60.9 cm³/mol. The highest BCUT2D eigenvalue weighted by atomic mass is 16.4. The summed E-state index contributed by atoms with van der Waals surface area (Å²) in [6.07, 6.45) is 6.39. The average Bonchev–Trinajstić information content (AvgIpc) is 2.16. The highest BCUT2D eigenvalue weighted by molar-refractivity contribution is 5.73. The van der Waals surface area contributed by atoms with Crippen LogP contribution in [0.15, 0.2) is 0 Å². The van der Waals surface area contributed by atoms with Crippen LogP contribution >= 0.6 is 0 Å². The number of carboxylic acid groups (broad SMARTS) is 1. The molecule has 88 valence electrons. The normalized spacial score (nSPS) is 27.1. The smallest absolute Gasteiger partial charge is 0.320 e. The molecule has 1 saturated carbocycles. The second-order valence-electron chi connectivity index (χ2n) is 4.55. The van der Waals surface area contributed by atoms with Crippen molar-refractivity contribution in [3.8, 4) is 0 Å². The first-order valence-corrected chi connectivity index (χ1v) is 6.17. The van der Waals surface area contributed by atoms with Gasteiger partial charge in [-0.25, -0.2) is 0 Å². The molecule has 3 atom stereocenters. The summed E-state index contributed by atoms with van der Waals surface area (Å²) in [5.41, 5.74) is 0. The van der Waals surface area contributed by atoms with Crippen LogP contribution in [0.4, 0.5) is 0 Å². The first-order chi connectivity index (χ1) is 7.19. The Morgan fingerprint density at radius 2 is 2.20 bits per heavy atom. The lowest BCUT2D eigenvalue weighted by Gasteiger charge is -2.38. The summed E-state index contributed by atoms with van der Waals surface area (Å²) in [5, 5.41) is 12.4. The maximum Gasteiger partial charge on any atom is 0.320 e. The summed E-state index contributed by atoms with van der Waals surface area (Å²) >= 11 is 0. The number of unbranched alkanes of at least 4 members (excludes halogenated alkanes) is 1. The SMILES string of the molecule is CCCC[C@H](NC1CCC1CC)C(=O)O. The molecule has 0 saturated heterocycles. The summed E-state index contributed by atoms with van der Waals surface area (Å²) in [6.45, 7) is 4.28. The van der Waals surface area contributed by atoms with E-state index in [0.717, 1.165) is 32.1 Å². The highest BCUT2D eigenvalue weighted by Crippen LogP contribution is 2.30. The number of hydrogen-bond donors (Lipinski definition) is 2. The summed E-state index contributed by atoms with van der Waals surface area (Å²) < 4.78 is 0. The van der Waals surface area contributed by atoms with Gasteiger partial charge in [0.2, 0.25) is 0 Å². The van der Waals surface area contributed by atoms with Crippen molar-refractivity contribution < 1.29 is 9.90 Å². The van der Waals surface area contributed by atoms with Crippen molar-refractivity contribution >= 4 is 5.97 Å². The first kappa shape index (κ1) is 12.5. The molecule has 0 spiro atoms. The van der Waals surface area contributed by atoms with Crippen molar-refractivity contribution in [2.75, 3.05) is 0 Å². The van der Waals surface area contributed by atoms with E-state index < -0.39 is 5.97 Å². The molecule has 0 amide bonds. The molecule has 3 heteroatoms. The molecule has 2 unspecified atom stereocenters. The molecule has 0 bridgehead atoms. The van der Waals surface area contributed by atoms with Gasteiger partial charge in [-0.15, -0.1) is 0 Å². The fraction of sp³-hybridized carbons (Fsp3) is 0.917. The van der Waals surface area contributed by atoms with E-state index in [1.165, 1.54) is 6.42 Å². The lowest BCUT2D eigenvalue weighted by molar-refractivity contribution is -0.140. The van der Waals surface area contributed by atoms with Gasteiger partial charge in [0.05, 0.1) is 0 Å². The number of hydrogen-bond acceptors (Lipinski definition) is 2. The van der Waals surface area contributed by atoms with E-state index in [-0.39, 0.29) is 6.04 Å². The van der Waals surface area contributed by atoms with Gasteiger partial charge in [0.1, 0.15) is 6.04 Å². The number of rotatable bonds is 7. The fourth-order valence-electron chi connectivity index (χ4n) is 2.22. The Morgan fingerprint density at radius 1 is 1.47 bits per heavy atom. The Kier molecular flexibility index (Phi) is 5.09. The van der Waals surface area contributed by atoms with Crippen LogP contribution in [0.2, 0.25) is 0 Å². The van der Waals surface area contributed by atoms with Crippen LogP contribution in [-0.4, -0.2) is 23.2 Å². The monoisotopic (exact) mass is 213 g/mol. The molecule has 15 heavy (non-hydrogen) atoms. The quantitative estimate of drug-likeness (QED) is 0.682. The molecule has 2 N–H and O–H groups in total. The van der Waals surface area contributed by atoms with Crippen molar-refractivity contribution in [3.63, 3.8) is 0 Å². The zero-order chi connectivity index (χ0) is 11.3. The Balaban J connectivity index is 2.33. The number of nitrogens with one attached hydrogen (secondary N) is 1. The van der Waals surface area contributed by atoms with E-state index in [9.17, 15) is 4.79 Å². The van der Waals surface area contributed by atoms with Gasteiger partial charge in [0.15, 0.2) is 0 Å². The summed E-state index contributed by atoms with van der Waals surface area (Å²) in [4.78, 5) is 11.0. The van der Waals surface area contributed by atoms with Crippen LogP contribution in [0.3, 0.4) is 0 Å². The Hall–Kier alpha value is -0.570. The lowest BCUT2D eigenvalue weighted by atomic mass is 9.77. The van der Waals surface area contributed by atoms with E-state index in [0.29, 0.717) is 12.0 Å². The molecule has 3 nitrogen and oxygen atoms in total. The molecule has 0 radical (unpaired) electrons. The summed E-state index contributed by atoms with van der Waals surface area (Å²) in [5.74, 6) is 0.0127. The number of carboxylic acids is 1. The minimum Gasteiger partial charge on any atom is -0.480 e. The van der Waals surface area contributed by atoms with Crippen LogP contribution < -0.4 is 5.32 Å². The Labute approximate surface area is 92.3 Å². The first-order valence-electron chi connectivity index (χ1n) is 6.17. The van der Waals surface area contributed by atoms with Gasteiger partial charge in [-0.1, -0.05) is 33.1 Å². The Bertz CT molecular complexity index is 204. The van der Waals surface area contributed by atoms with Gasteiger partial charge in [-0.05, 0) is 25.2 Å². The summed E-state index contributed by atoms with van der Waals surface area (Å²) in [7, 11) is 0. The molecule has 0 heterocycles. The van der Waals surface area contributed by atoms with E-state index in [4.69, 9.17) is 5.11 Å². The summed E-state index contributed by atoms with van der Waals surface area (Å²) in [6, 6.07) is 0.122. The van der Waals surface area contributed by atoms with E-state index in [1.807, 2.05) is 0 Å². The second kappa shape index (κ2) is 6.11. The Morgan fingerprint density at radius 3 is 2.60 bits per heavy atom. The average molecular weight is 213 g/mol. The molecule has 1 rings (SSSR count). The standard InChI is InChI=1S/C12H23NO2/c1-3-5-6-11(12(14)15)13-10-8-7-9(10)4-2/h9-11,13H,3-8H2,1-2H3,(H,14,15)/t9?,10?,11-/m0/s1. The molecule has 1 fully saturated rings. The molecule has 0 aromatic carbocycles. The van der Waals surface area contributed by atoms with Crippen molar-refractivity contribution in [2.24, 2.45) is 5.92 Å². The lowest BCUT2D eigenvalue weighted by Crippen LogP contribution is -2.51. The fourth-order valence-corrected chi connectivity index (χ4v) is 2.22. The predicted octanol–water partition coefficient (Wildman–Crippen LogP) is 2.41. The molecular formula is C12H23NO2. The minimum absolute atomic E-state index is 0.329. The third kappa shape index (κ3) is 3.49. The molecule has 0 aromatic heterocycles. The van der Waals surface area contributed by atoms with Crippen LogP contribution in [0.5, 0.6) is 0 Å². The molecule has 0 aliphatic heterocycles. The minimum atomic E-state index is -0.690. The topological polar surface area (TPSA) is 49.3 Å². The van der Waals surface area contributed by atoms with Crippen molar-refractivity contribution in [3.05, 3.63) is 0 Å². The third-order valence-corrected chi connectivity index (χ3v) is 3.50. The largest absolute Gasteiger partial charge is 0.480 e. The van der Waals surface area contributed by atoms with Crippen molar-refractivity contribution in [1.29, 1.82) is 0 Å². The van der Waals surface area contributed by atoms with Crippen molar-refractivity contribution in [2.45, 2.75) is 64.5 Å². The molecule has 1 aliphatic carbocycles.